The first kappa shape index (κ1) is 13.0. The van der Waals surface area contributed by atoms with Gasteiger partial charge in [0, 0.05) is 5.92 Å². The average molecular weight is 215 g/mol. The summed E-state index contributed by atoms with van der Waals surface area (Å²) >= 11 is 0. The predicted octanol–water partition coefficient (Wildman–Crippen LogP) is 4.70. The van der Waals surface area contributed by atoms with Gasteiger partial charge in [0.2, 0.25) is 0 Å². The molecule has 0 aliphatic heterocycles. The fourth-order valence-corrected chi connectivity index (χ4v) is 1.87. The molecule has 0 aliphatic rings. The Labute approximate surface area is 100 Å². The van der Waals surface area contributed by atoms with Gasteiger partial charge in [-0.3, -0.25) is 0 Å². The molecule has 1 unspecified atom stereocenters. The maximum Gasteiger partial charge on any atom is 0.00158 e. The number of hydrogen-bond acceptors (Lipinski definition) is 0. The van der Waals surface area contributed by atoms with E-state index < -0.39 is 0 Å². The number of benzene rings is 1. The lowest BCUT2D eigenvalue weighted by atomic mass is 9.94. The number of rotatable bonds is 6. The molecular formula is C16H23. The van der Waals surface area contributed by atoms with Crippen LogP contribution in [0.25, 0.3) is 0 Å². The van der Waals surface area contributed by atoms with E-state index in [0.717, 1.165) is 6.42 Å². The summed E-state index contributed by atoms with van der Waals surface area (Å²) in [6.07, 6.45) is 6.71. The number of unbranched alkanes of at least 4 members (excludes halogenated alkanes) is 1. The highest BCUT2D eigenvalue weighted by Crippen LogP contribution is 2.21. The van der Waals surface area contributed by atoms with Crippen LogP contribution in [-0.4, -0.2) is 0 Å². The fraction of sp³-hybridized carbons (Fsp3) is 0.438. The monoisotopic (exact) mass is 215 g/mol. The molecule has 0 N–H and O–H groups in total. The number of allylic oxidation sites excluding steroid dienone is 1. The maximum absolute atomic E-state index is 4.11. The molecular weight excluding hydrogens is 192 g/mol. The molecule has 1 aromatic rings. The van der Waals surface area contributed by atoms with Crippen LogP contribution in [0, 0.1) is 6.92 Å². The molecule has 0 nitrogen and oxygen atoms in total. The summed E-state index contributed by atoms with van der Waals surface area (Å²) < 4.78 is 0. The number of hydrogen-bond donors (Lipinski definition) is 0. The molecule has 0 saturated heterocycles. The summed E-state index contributed by atoms with van der Waals surface area (Å²) in [7, 11) is 0. The molecule has 1 atom stereocenters. The van der Waals surface area contributed by atoms with Gasteiger partial charge in [0.25, 0.3) is 0 Å². The van der Waals surface area contributed by atoms with E-state index in [4.69, 9.17) is 0 Å². The Morgan fingerprint density at radius 2 is 1.88 bits per heavy atom. The molecule has 0 fully saturated rings. The molecule has 1 aromatic carbocycles. The third-order valence-corrected chi connectivity index (χ3v) is 3.01. The van der Waals surface area contributed by atoms with Gasteiger partial charge in [-0.1, -0.05) is 44.5 Å². The Morgan fingerprint density at radius 3 is 2.44 bits per heavy atom. The van der Waals surface area contributed by atoms with Crippen molar-refractivity contribution in [2.24, 2.45) is 0 Å². The molecule has 1 radical (unpaired) electrons. The number of aryl methyl sites for hydroxylation is 2. The molecule has 0 heteroatoms. The summed E-state index contributed by atoms with van der Waals surface area (Å²) in [6, 6.07) is 6.87. The lowest BCUT2D eigenvalue weighted by Gasteiger charge is -2.11. The quantitative estimate of drug-likeness (QED) is 0.604. The first-order valence-electron chi connectivity index (χ1n) is 6.29. The Hall–Kier alpha value is -1.04. The van der Waals surface area contributed by atoms with Crippen LogP contribution in [0.15, 0.2) is 30.9 Å². The van der Waals surface area contributed by atoms with E-state index in [0.29, 0.717) is 0 Å². The van der Waals surface area contributed by atoms with Crippen molar-refractivity contribution in [1.29, 1.82) is 0 Å². The van der Waals surface area contributed by atoms with Crippen molar-refractivity contribution >= 4 is 0 Å². The Balaban J connectivity index is 2.95. The van der Waals surface area contributed by atoms with Gasteiger partial charge < -0.3 is 0 Å². The van der Waals surface area contributed by atoms with Crippen molar-refractivity contribution < 1.29 is 0 Å². The highest BCUT2D eigenvalue weighted by atomic mass is 14.1. The van der Waals surface area contributed by atoms with Crippen molar-refractivity contribution in [2.45, 2.75) is 45.4 Å². The van der Waals surface area contributed by atoms with Gasteiger partial charge >= 0.3 is 0 Å². The topological polar surface area (TPSA) is 0 Å². The van der Waals surface area contributed by atoms with Crippen LogP contribution in [0.5, 0.6) is 0 Å². The van der Waals surface area contributed by atoms with Gasteiger partial charge in [0.15, 0.2) is 0 Å². The van der Waals surface area contributed by atoms with Crippen molar-refractivity contribution in [3.05, 3.63) is 54.5 Å². The summed E-state index contributed by atoms with van der Waals surface area (Å²) in [5, 5.41) is 0. The van der Waals surface area contributed by atoms with E-state index in [-0.39, 0.29) is 5.92 Å². The second-order valence-electron chi connectivity index (χ2n) is 4.38. The van der Waals surface area contributed by atoms with Gasteiger partial charge in [0.05, 0.1) is 0 Å². The minimum absolute atomic E-state index is 0.215. The summed E-state index contributed by atoms with van der Waals surface area (Å²) in [5.74, 6) is 0.215. The Bertz CT molecular complexity index is 336. The standard InChI is InChI=1S/C16H23/c1-5-8-9-15-10-14(7-3)11-16(12-15)13(4)6-2/h6,10-13H,2,4-5,7-9H2,1,3H3. The highest BCUT2D eigenvalue weighted by molar-refractivity contribution is 5.34. The van der Waals surface area contributed by atoms with Gasteiger partial charge in [-0.15, -0.1) is 6.58 Å². The van der Waals surface area contributed by atoms with Crippen molar-refractivity contribution in [3.8, 4) is 0 Å². The van der Waals surface area contributed by atoms with Crippen LogP contribution < -0.4 is 0 Å². The van der Waals surface area contributed by atoms with E-state index in [1.807, 2.05) is 6.08 Å². The molecule has 16 heavy (non-hydrogen) atoms. The van der Waals surface area contributed by atoms with Gasteiger partial charge in [-0.25, -0.2) is 0 Å². The third-order valence-electron chi connectivity index (χ3n) is 3.01. The van der Waals surface area contributed by atoms with E-state index >= 15 is 0 Å². The molecule has 0 heterocycles. The van der Waals surface area contributed by atoms with E-state index in [1.54, 1.807) is 0 Å². The minimum atomic E-state index is 0.215. The van der Waals surface area contributed by atoms with Crippen LogP contribution >= 0.6 is 0 Å². The van der Waals surface area contributed by atoms with Gasteiger partial charge in [-0.2, -0.15) is 0 Å². The second kappa shape index (κ2) is 6.52. The van der Waals surface area contributed by atoms with E-state index in [2.05, 4.69) is 45.5 Å². The maximum atomic E-state index is 4.11. The van der Waals surface area contributed by atoms with Crippen LogP contribution in [-0.2, 0) is 12.8 Å². The third kappa shape index (κ3) is 3.52. The van der Waals surface area contributed by atoms with Crippen molar-refractivity contribution in [3.63, 3.8) is 0 Å². The lowest BCUT2D eigenvalue weighted by Crippen LogP contribution is -1.96. The molecule has 0 amide bonds. The smallest absolute Gasteiger partial charge is 0.00158 e. The molecule has 0 aliphatic carbocycles. The Morgan fingerprint density at radius 1 is 1.19 bits per heavy atom. The largest absolute Gasteiger partial charge is 0.102 e. The minimum Gasteiger partial charge on any atom is -0.102 e. The highest BCUT2D eigenvalue weighted by Gasteiger charge is 2.04. The van der Waals surface area contributed by atoms with Crippen molar-refractivity contribution in [2.75, 3.05) is 0 Å². The fourth-order valence-electron chi connectivity index (χ4n) is 1.87. The molecule has 1 rings (SSSR count). The van der Waals surface area contributed by atoms with E-state index in [1.165, 1.54) is 36.0 Å². The lowest BCUT2D eigenvalue weighted by molar-refractivity contribution is 0.792. The predicted molar refractivity (Wildman–Crippen MR) is 72.7 cm³/mol. The normalized spacial score (nSPS) is 12.4. The Kier molecular flexibility index (Phi) is 5.31. The van der Waals surface area contributed by atoms with Crippen LogP contribution in [0.4, 0.5) is 0 Å². The van der Waals surface area contributed by atoms with Crippen LogP contribution in [0.2, 0.25) is 0 Å². The van der Waals surface area contributed by atoms with Gasteiger partial charge in [-0.05, 0) is 42.9 Å². The summed E-state index contributed by atoms with van der Waals surface area (Å²) in [5.41, 5.74) is 4.17. The first-order chi connectivity index (χ1) is 7.71. The summed E-state index contributed by atoms with van der Waals surface area (Å²) in [4.78, 5) is 0. The van der Waals surface area contributed by atoms with Crippen LogP contribution in [0.3, 0.4) is 0 Å². The second-order valence-corrected chi connectivity index (χ2v) is 4.38. The molecule has 0 aromatic heterocycles. The zero-order valence-electron chi connectivity index (χ0n) is 10.6. The first-order valence-corrected chi connectivity index (χ1v) is 6.29. The molecule has 0 spiro atoms. The zero-order valence-corrected chi connectivity index (χ0v) is 10.6. The molecule has 87 valence electrons. The summed E-state index contributed by atoms with van der Waals surface area (Å²) in [6.45, 7) is 12.4. The van der Waals surface area contributed by atoms with Gasteiger partial charge in [0.1, 0.15) is 0 Å². The molecule has 0 saturated carbocycles. The molecule has 0 bridgehead atoms. The average Bonchev–Trinajstić information content (AvgIpc) is 2.34. The zero-order chi connectivity index (χ0) is 12.0. The van der Waals surface area contributed by atoms with Crippen molar-refractivity contribution in [1.82, 2.24) is 0 Å². The SMILES string of the molecule is [CH2]C(C=C)c1cc(CC)cc(CCCC)c1. The van der Waals surface area contributed by atoms with Crippen LogP contribution in [0.1, 0.15) is 49.3 Å². The van der Waals surface area contributed by atoms with E-state index in [9.17, 15) is 0 Å².